The van der Waals surface area contributed by atoms with Gasteiger partial charge in [-0.25, -0.2) is 4.79 Å². The summed E-state index contributed by atoms with van der Waals surface area (Å²) in [6, 6.07) is 7.46. The number of nitrogens with zero attached hydrogens (tertiary/aromatic N) is 1. The second-order valence-electron chi connectivity index (χ2n) is 7.10. The Bertz CT molecular complexity index is 508. The first-order chi connectivity index (χ1) is 10.8. The molecule has 1 aromatic rings. The normalized spacial score (nSPS) is 18.2. The van der Waals surface area contributed by atoms with E-state index in [2.05, 4.69) is 5.32 Å². The number of phenols is 1. The first-order valence-electron chi connectivity index (χ1n) is 8.33. The van der Waals surface area contributed by atoms with Gasteiger partial charge in [-0.3, -0.25) is 0 Å². The maximum absolute atomic E-state index is 12.2. The standard InChI is InChI=1S/C18H28N2O3/c1-18(2,3)23-17(22)20-12-4-5-15(20)10-11-19-13-14-6-8-16(21)9-7-14/h6-9,15,19,21H,4-5,10-13H2,1-3H3. The van der Waals surface area contributed by atoms with Crippen LogP contribution in [-0.4, -0.2) is 40.8 Å². The fourth-order valence-corrected chi connectivity index (χ4v) is 2.81. The molecule has 1 aliphatic rings. The van der Waals surface area contributed by atoms with Gasteiger partial charge in [-0.15, -0.1) is 0 Å². The van der Waals surface area contributed by atoms with Crippen molar-refractivity contribution in [3.8, 4) is 5.75 Å². The molecule has 128 valence electrons. The molecule has 0 radical (unpaired) electrons. The molecular formula is C18H28N2O3. The van der Waals surface area contributed by atoms with Crippen LogP contribution in [0.3, 0.4) is 0 Å². The van der Waals surface area contributed by atoms with Gasteiger partial charge >= 0.3 is 6.09 Å². The lowest BCUT2D eigenvalue weighted by Gasteiger charge is -2.28. The summed E-state index contributed by atoms with van der Waals surface area (Å²) in [5.41, 5.74) is 0.694. The highest BCUT2D eigenvalue weighted by atomic mass is 16.6. The lowest BCUT2D eigenvalue weighted by molar-refractivity contribution is 0.0220. The highest BCUT2D eigenvalue weighted by molar-refractivity contribution is 5.68. The smallest absolute Gasteiger partial charge is 0.410 e. The predicted octanol–water partition coefficient (Wildman–Crippen LogP) is 3.27. The van der Waals surface area contributed by atoms with Crippen molar-refractivity contribution in [1.29, 1.82) is 0 Å². The van der Waals surface area contributed by atoms with Gasteiger partial charge in [0.2, 0.25) is 0 Å². The number of carbonyl (C=O) groups is 1. The van der Waals surface area contributed by atoms with Crippen molar-refractivity contribution in [2.24, 2.45) is 0 Å². The number of amides is 1. The molecule has 5 nitrogen and oxygen atoms in total. The summed E-state index contributed by atoms with van der Waals surface area (Å²) in [5, 5.41) is 12.7. The summed E-state index contributed by atoms with van der Waals surface area (Å²) in [7, 11) is 0. The fraction of sp³-hybridized carbons (Fsp3) is 0.611. The van der Waals surface area contributed by atoms with Gasteiger partial charge in [0.15, 0.2) is 0 Å². The zero-order valence-electron chi connectivity index (χ0n) is 14.3. The van der Waals surface area contributed by atoms with Crippen LogP contribution >= 0.6 is 0 Å². The number of benzene rings is 1. The molecule has 0 aliphatic carbocycles. The Morgan fingerprint density at radius 2 is 2.04 bits per heavy atom. The molecule has 0 bridgehead atoms. The largest absolute Gasteiger partial charge is 0.508 e. The molecule has 0 saturated carbocycles. The third kappa shape index (κ3) is 5.75. The van der Waals surface area contributed by atoms with Crippen molar-refractivity contribution in [2.75, 3.05) is 13.1 Å². The van der Waals surface area contributed by atoms with E-state index >= 15 is 0 Å². The number of aromatic hydroxyl groups is 1. The van der Waals surface area contributed by atoms with E-state index in [1.54, 1.807) is 12.1 Å². The Balaban J connectivity index is 1.73. The van der Waals surface area contributed by atoms with E-state index in [0.29, 0.717) is 0 Å². The van der Waals surface area contributed by atoms with E-state index in [1.165, 1.54) is 0 Å². The summed E-state index contributed by atoms with van der Waals surface area (Å²) in [5.74, 6) is 0.285. The Morgan fingerprint density at radius 1 is 1.35 bits per heavy atom. The van der Waals surface area contributed by atoms with E-state index in [1.807, 2.05) is 37.8 Å². The fourth-order valence-electron chi connectivity index (χ4n) is 2.81. The van der Waals surface area contributed by atoms with E-state index < -0.39 is 5.60 Å². The lowest BCUT2D eigenvalue weighted by atomic mass is 10.1. The van der Waals surface area contributed by atoms with Crippen LogP contribution in [0.15, 0.2) is 24.3 Å². The van der Waals surface area contributed by atoms with Gasteiger partial charge in [-0.1, -0.05) is 12.1 Å². The van der Waals surface area contributed by atoms with Gasteiger partial charge in [-0.2, -0.15) is 0 Å². The van der Waals surface area contributed by atoms with Gasteiger partial charge in [0, 0.05) is 19.1 Å². The van der Waals surface area contributed by atoms with E-state index in [-0.39, 0.29) is 17.9 Å². The summed E-state index contributed by atoms with van der Waals surface area (Å²) in [4.78, 5) is 14.1. The molecule has 1 fully saturated rings. The second-order valence-corrected chi connectivity index (χ2v) is 7.10. The number of ether oxygens (including phenoxy) is 1. The summed E-state index contributed by atoms with van der Waals surface area (Å²) in [6.07, 6.45) is 2.82. The molecule has 2 N–H and O–H groups in total. The van der Waals surface area contributed by atoms with Crippen LogP contribution in [0.25, 0.3) is 0 Å². The topological polar surface area (TPSA) is 61.8 Å². The van der Waals surface area contributed by atoms with Crippen LogP contribution in [0.2, 0.25) is 0 Å². The van der Waals surface area contributed by atoms with Crippen LogP contribution in [-0.2, 0) is 11.3 Å². The number of phenolic OH excluding ortho intramolecular Hbond substituents is 1. The third-order valence-corrected chi connectivity index (χ3v) is 3.92. The molecule has 1 saturated heterocycles. The average molecular weight is 320 g/mol. The number of nitrogens with one attached hydrogen (secondary N) is 1. The van der Waals surface area contributed by atoms with Crippen molar-refractivity contribution < 1.29 is 14.6 Å². The number of hydrogen-bond acceptors (Lipinski definition) is 4. The Labute approximate surface area is 138 Å². The quantitative estimate of drug-likeness (QED) is 0.817. The Kier molecular flexibility index (Phi) is 5.88. The third-order valence-electron chi connectivity index (χ3n) is 3.92. The minimum Gasteiger partial charge on any atom is -0.508 e. The van der Waals surface area contributed by atoms with Gasteiger partial charge in [-0.05, 0) is 64.3 Å². The molecule has 1 amide bonds. The van der Waals surface area contributed by atoms with Crippen LogP contribution < -0.4 is 5.32 Å². The Morgan fingerprint density at radius 3 is 2.70 bits per heavy atom. The molecule has 1 atom stereocenters. The van der Waals surface area contributed by atoms with Crippen molar-refractivity contribution >= 4 is 6.09 Å². The Hall–Kier alpha value is -1.75. The highest BCUT2D eigenvalue weighted by Gasteiger charge is 2.31. The molecule has 0 spiro atoms. The maximum atomic E-state index is 12.2. The molecule has 23 heavy (non-hydrogen) atoms. The summed E-state index contributed by atoms with van der Waals surface area (Å²) in [6.45, 7) is 8.10. The molecule has 1 unspecified atom stereocenters. The maximum Gasteiger partial charge on any atom is 0.410 e. The number of hydrogen-bond donors (Lipinski definition) is 2. The molecule has 5 heteroatoms. The van der Waals surface area contributed by atoms with Crippen LogP contribution in [0.4, 0.5) is 4.79 Å². The van der Waals surface area contributed by atoms with Crippen LogP contribution in [0.1, 0.15) is 45.6 Å². The highest BCUT2D eigenvalue weighted by Crippen LogP contribution is 2.22. The monoisotopic (exact) mass is 320 g/mol. The zero-order valence-corrected chi connectivity index (χ0v) is 14.3. The van der Waals surface area contributed by atoms with Gasteiger partial charge in [0.25, 0.3) is 0 Å². The number of carbonyl (C=O) groups excluding carboxylic acids is 1. The second kappa shape index (κ2) is 7.68. The minimum absolute atomic E-state index is 0.196. The van der Waals surface area contributed by atoms with E-state index in [0.717, 1.165) is 44.5 Å². The summed E-state index contributed by atoms with van der Waals surface area (Å²) >= 11 is 0. The first-order valence-corrected chi connectivity index (χ1v) is 8.33. The minimum atomic E-state index is -0.443. The van der Waals surface area contributed by atoms with E-state index in [9.17, 15) is 9.90 Å². The van der Waals surface area contributed by atoms with Gasteiger partial charge in [0.1, 0.15) is 11.4 Å². The van der Waals surface area contributed by atoms with Crippen molar-refractivity contribution in [2.45, 2.75) is 58.2 Å². The van der Waals surface area contributed by atoms with E-state index in [4.69, 9.17) is 4.74 Å². The zero-order chi connectivity index (χ0) is 16.9. The van der Waals surface area contributed by atoms with Crippen LogP contribution in [0, 0.1) is 0 Å². The predicted molar refractivity (Wildman–Crippen MR) is 90.4 cm³/mol. The molecular weight excluding hydrogens is 292 g/mol. The van der Waals surface area contributed by atoms with Gasteiger partial charge in [0.05, 0.1) is 0 Å². The first kappa shape index (κ1) is 17.6. The molecule has 0 aromatic heterocycles. The van der Waals surface area contributed by atoms with Crippen molar-refractivity contribution in [3.63, 3.8) is 0 Å². The number of rotatable bonds is 5. The van der Waals surface area contributed by atoms with Crippen LogP contribution in [0.5, 0.6) is 5.75 Å². The molecule has 2 rings (SSSR count). The SMILES string of the molecule is CC(C)(C)OC(=O)N1CCCC1CCNCc1ccc(O)cc1. The van der Waals surface area contributed by atoms with Gasteiger partial charge < -0.3 is 20.1 Å². The summed E-state index contributed by atoms with van der Waals surface area (Å²) < 4.78 is 5.48. The molecule has 1 aliphatic heterocycles. The molecule has 1 aromatic carbocycles. The van der Waals surface area contributed by atoms with Crippen molar-refractivity contribution in [1.82, 2.24) is 10.2 Å². The molecule has 1 heterocycles. The average Bonchev–Trinajstić information content (AvgIpc) is 2.92. The van der Waals surface area contributed by atoms with Crippen molar-refractivity contribution in [3.05, 3.63) is 29.8 Å². The lowest BCUT2D eigenvalue weighted by Crippen LogP contribution is -2.40. The number of likely N-dealkylation sites (tertiary alicyclic amines) is 1.